The number of nitro benzene ring substituents is 1. The van der Waals surface area contributed by atoms with Crippen LogP contribution in [0.25, 0.3) is 10.2 Å². The molecule has 0 radical (unpaired) electrons. The quantitative estimate of drug-likeness (QED) is 0.507. The molecular weight excluding hydrogens is 378 g/mol. The van der Waals surface area contributed by atoms with E-state index in [-0.39, 0.29) is 11.6 Å². The average molecular weight is 392 g/mol. The van der Waals surface area contributed by atoms with E-state index < -0.39 is 11.0 Å². The summed E-state index contributed by atoms with van der Waals surface area (Å²) in [5, 5.41) is 14.5. The van der Waals surface area contributed by atoms with Crippen LogP contribution in [0.1, 0.15) is 12.5 Å². The normalized spacial score (nSPS) is 12.0. The van der Waals surface area contributed by atoms with Crippen LogP contribution >= 0.6 is 22.9 Å². The second-order valence-electron chi connectivity index (χ2n) is 5.59. The Balaban J connectivity index is 1.72. The highest BCUT2D eigenvalue weighted by molar-refractivity contribution is 7.22. The molecule has 1 aromatic heterocycles. The predicted molar refractivity (Wildman–Crippen MR) is 101 cm³/mol. The Labute approximate surface area is 157 Å². The molecule has 7 nitrogen and oxygen atoms in total. The third-order valence-corrected chi connectivity index (χ3v) is 4.79. The van der Waals surface area contributed by atoms with Crippen molar-refractivity contribution in [3.63, 3.8) is 0 Å². The second kappa shape index (κ2) is 7.27. The van der Waals surface area contributed by atoms with Crippen molar-refractivity contribution in [2.75, 3.05) is 5.32 Å². The van der Waals surface area contributed by atoms with Crippen LogP contribution < -0.4 is 10.1 Å². The van der Waals surface area contributed by atoms with E-state index in [1.165, 1.54) is 23.5 Å². The number of non-ortho nitro benzene ring substituents is 1. The second-order valence-corrected chi connectivity index (χ2v) is 7.05. The molecule has 0 aliphatic heterocycles. The average Bonchev–Trinajstić information content (AvgIpc) is 2.98. The van der Waals surface area contributed by atoms with Crippen LogP contribution in [0.2, 0.25) is 5.02 Å². The predicted octanol–water partition coefficient (Wildman–Crippen LogP) is 4.57. The number of anilines is 1. The number of amides is 1. The van der Waals surface area contributed by atoms with Gasteiger partial charge in [0.2, 0.25) is 0 Å². The van der Waals surface area contributed by atoms with Gasteiger partial charge in [0.1, 0.15) is 5.75 Å². The number of rotatable bonds is 5. The lowest BCUT2D eigenvalue weighted by atomic mass is 10.2. The van der Waals surface area contributed by atoms with Crippen molar-refractivity contribution in [3.8, 4) is 5.75 Å². The summed E-state index contributed by atoms with van der Waals surface area (Å²) in [5.74, 6) is 0.199. The number of nitrogens with one attached hydrogen (secondary N) is 1. The number of hydrogen-bond donors (Lipinski definition) is 1. The van der Waals surface area contributed by atoms with Gasteiger partial charge >= 0.3 is 0 Å². The van der Waals surface area contributed by atoms with E-state index in [0.717, 1.165) is 5.56 Å². The van der Waals surface area contributed by atoms with Gasteiger partial charge in [-0.2, -0.15) is 0 Å². The van der Waals surface area contributed by atoms with Crippen molar-refractivity contribution in [2.45, 2.75) is 20.0 Å². The van der Waals surface area contributed by atoms with Gasteiger partial charge in [0, 0.05) is 17.2 Å². The van der Waals surface area contributed by atoms with Crippen molar-refractivity contribution in [1.29, 1.82) is 0 Å². The van der Waals surface area contributed by atoms with E-state index in [4.69, 9.17) is 16.3 Å². The zero-order valence-corrected chi connectivity index (χ0v) is 15.4. The number of nitro groups is 1. The monoisotopic (exact) mass is 391 g/mol. The number of aryl methyl sites for hydroxylation is 1. The van der Waals surface area contributed by atoms with Crippen molar-refractivity contribution >= 4 is 49.9 Å². The zero-order valence-electron chi connectivity index (χ0n) is 13.9. The highest BCUT2D eigenvalue weighted by atomic mass is 35.5. The van der Waals surface area contributed by atoms with Crippen LogP contribution in [0.5, 0.6) is 5.75 Å². The third kappa shape index (κ3) is 3.92. The Kier molecular flexibility index (Phi) is 5.06. The van der Waals surface area contributed by atoms with Crippen LogP contribution in [-0.2, 0) is 4.79 Å². The first-order chi connectivity index (χ1) is 12.3. The van der Waals surface area contributed by atoms with Gasteiger partial charge in [-0.15, -0.1) is 0 Å². The minimum atomic E-state index is -0.753. The number of aromatic nitrogens is 1. The maximum absolute atomic E-state index is 12.3. The van der Waals surface area contributed by atoms with Crippen molar-refractivity contribution in [2.24, 2.45) is 0 Å². The van der Waals surface area contributed by atoms with E-state index in [0.29, 0.717) is 26.1 Å². The Morgan fingerprint density at radius 2 is 2.12 bits per heavy atom. The fraction of sp³-hybridized carbons (Fsp3) is 0.176. The Morgan fingerprint density at radius 3 is 2.81 bits per heavy atom. The first-order valence-electron chi connectivity index (χ1n) is 7.62. The van der Waals surface area contributed by atoms with Crippen molar-refractivity contribution < 1.29 is 14.5 Å². The number of carbonyl (C=O) groups is 1. The molecule has 134 valence electrons. The first kappa shape index (κ1) is 18.1. The molecule has 0 aliphatic rings. The first-order valence-corrected chi connectivity index (χ1v) is 8.81. The molecule has 0 saturated heterocycles. The highest BCUT2D eigenvalue weighted by Crippen LogP contribution is 2.29. The van der Waals surface area contributed by atoms with Gasteiger partial charge in [0.25, 0.3) is 11.6 Å². The molecule has 1 heterocycles. The minimum Gasteiger partial charge on any atom is -0.481 e. The maximum Gasteiger partial charge on any atom is 0.270 e. The molecule has 0 aliphatic carbocycles. The molecule has 3 aromatic rings. The van der Waals surface area contributed by atoms with Crippen molar-refractivity contribution in [1.82, 2.24) is 4.98 Å². The van der Waals surface area contributed by atoms with Gasteiger partial charge in [-0.3, -0.25) is 20.2 Å². The highest BCUT2D eigenvalue weighted by Gasteiger charge is 2.18. The number of halogens is 1. The molecule has 0 bridgehead atoms. The van der Waals surface area contributed by atoms with Gasteiger partial charge < -0.3 is 4.74 Å². The SMILES string of the molecule is Cc1cc(Cl)ccc1OC(C)C(=O)Nc1nc2ccc([N+](=O)[O-])cc2s1. The molecule has 0 fully saturated rings. The van der Waals surface area contributed by atoms with Crippen LogP contribution in [0.4, 0.5) is 10.8 Å². The van der Waals surface area contributed by atoms with Crippen LogP contribution in [-0.4, -0.2) is 21.9 Å². The fourth-order valence-corrected chi connectivity index (χ4v) is 3.40. The molecule has 1 unspecified atom stereocenters. The Hall–Kier alpha value is -2.71. The number of ether oxygens (including phenoxy) is 1. The lowest BCUT2D eigenvalue weighted by molar-refractivity contribution is -0.384. The van der Waals surface area contributed by atoms with Gasteiger partial charge in [-0.25, -0.2) is 4.98 Å². The topological polar surface area (TPSA) is 94.4 Å². The number of thiazole rings is 1. The standard InChI is InChI=1S/C17H14ClN3O4S/c1-9-7-11(18)3-6-14(9)25-10(2)16(22)20-17-19-13-5-4-12(21(23)24)8-15(13)26-17/h3-8,10H,1-2H3,(H,19,20,22). The van der Waals surface area contributed by atoms with Crippen molar-refractivity contribution in [3.05, 3.63) is 57.1 Å². The fourth-order valence-electron chi connectivity index (χ4n) is 2.28. The Morgan fingerprint density at radius 1 is 1.35 bits per heavy atom. The number of fused-ring (bicyclic) bond motifs is 1. The third-order valence-electron chi connectivity index (χ3n) is 3.62. The summed E-state index contributed by atoms with van der Waals surface area (Å²) in [6.45, 7) is 3.47. The van der Waals surface area contributed by atoms with E-state index >= 15 is 0 Å². The summed E-state index contributed by atoms with van der Waals surface area (Å²) >= 11 is 7.07. The molecule has 1 N–H and O–H groups in total. The van der Waals surface area contributed by atoms with Crippen LogP contribution in [0.3, 0.4) is 0 Å². The lowest BCUT2D eigenvalue weighted by Gasteiger charge is -2.15. The van der Waals surface area contributed by atoms with E-state index in [2.05, 4.69) is 10.3 Å². The summed E-state index contributed by atoms with van der Waals surface area (Å²) in [6, 6.07) is 9.51. The van der Waals surface area contributed by atoms with Gasteiger partial charge in [-0.05, 0) is 43.7 Å². The molecule has 3 rings (SSSR count). The molecule has 1 amide bonds. The van der Waals surface area contributed by atoms with Gasteiger partial charge in [-0.1, -0.05) is 22.9 Å². The number of benzene rings is 2. The maximum atomic E-state index is 12.3. The van der Waals surface area contributed by atoms with Gasteiger partial charge in [0.15, 0.2) is 11.2 Å². The molecule has 2 aromatic carbocycles. The molecule has 1 atom stereocenters. The smallest absolute Gasteiger partial charge is 0.270 e. The lowest BCUT2D eigenvalue weighted by Crippen LogP contribution is -2.30. The molecule has 0 spiro atoms. The number of carbonyl (C=O) groups excluding carboxylic acids is 1. The molecule has 9 heteroatoms. The largest absolute Gasteiger partial charge is 0.481 e. The van der Waals surface area contributed by atoms with E-state index in [9.17, 15) is 14.9 Å². The Bertz CT molecular complexity index is 1000. The molecule has 26 heavy (non-hydrogen) atoms. The van der Waals surface area contributed by atoms with Crippen LogP contribution in [0, 0.1) is 17.0 Å². The molecular formula is C17H14ClN3O4S. The summed E-state index contributed by atoms with van der Waals surface area (Å²) in [6.07, 6.45) is -0.753. The van der Waals surface area contributed by atoms with E-state index in [1.807, 2.05) is 6.92 Å². The minimum absolute atomic E-state index is 0.0195. The number of nitrogens with zero attached hydrogens (tertiary/aromatic N) is 2. The summed E-state index contributed by atoms with van der Waals surface area (Å²) in [5.41, 5.74) is 1.39. The van der Waals surface area contributed by atoms with E-state index in [1.54, 1.807) is 31.2 Å². The summed E-state index contributed by atoms with van der Waals surface area (Å²) < 4.78 is 6.30. The zero-order chi connectivity index (χ0) is 18.8. The molecule has 0 saturated carbocycles. The van der Waals surface area contributed by atoms with Gasteiger partial charge in [0.05, 0.1) is 15.1 Å². The number of hydrogen-bond acceptors (Lipinski definition) is 6. The summed E-state index contributed by atoms with van der Waals surface area (Å²) in [4.78, 5) is 27.0. The van der Waals surface area contributed by atoms with Crippen LogP contribution in [0.15, 0.2) is 36.4 Å². The summed E-state index contributed by atoms with van der Waals surface area (Å²) in [7, 11) is 0.